The number of ketones is 1. The van der Waals surface area contributed by atoms with Gasteiger partial charge in [0.25, 0.3) is 0 Å². The van der Waals surface area contributed by atoms with E-state index in [2.05, 4.69) is 10.2 Å². The van der Waals surface area contributed by atoms with Crippen LogP contribution in [0.5, 0.6) is 0 Å². The number of nitrogens with zero attached hydrogens (tertiary/aromatic N) is 3. The largest absolute Gasteiger partial charge is 0.416 e. The molecule has 0 aliphatic carbocycles. The lowest BCUT2D eigenvalue weighted by atomic mass is 9.98. The molecule has 4 rings (SSSR count). The van der Waals surface area contributed by atoms with Gasteiger partial charge in [-0.3, -0.25) is 9.36 Å². The lowest BCUT2D eigenvalue weighted by molar-refractivity contribution is -0.137. The summed E-state index contributed by atoms with van der Waals surface area (Å²) in [5, 5.41) is 18.0. The van der Waals surface area contributed by atoms with Crippen molar-refractivity contribution < 1.29 is 23.1 Å². The number of carbonyl (C=O) groups excluding carboxylic acids is 1. The first-order valence-corrected chi connectivity index (χ1v) is 10.3. The molecule has 1 N–H and O–H groups in total. The van der Waals surface area contributed by atoms with E-state index in [4.69, 9.17) is 11.6 Å². The minimum Gasteiger partial charge on any atom is -0.388 e. The third-order valence-corrected chi connectivity index (χ3v) is 5.40. The van der Waals surface area contributed by atoms with Gasteiger partial charge in [0.05, 0.1) is 16.3 Å². The van der Waals surface area contributed by atoms with Crippen LogP contribution in [0.15, 0.2) is 72.8 Å². The van der Waals surface area contributed by atoms with Crippen molar-refractivity contribution in [3.8, 4) is 5.69 Å². The fourth-order valence-electron chi connectivity index (χ4n) is 3.51. The number of hydrogen-bond donors (Lipinski definition) is 1. The third kappa shape index (κ3) is 4.67. The summed E-state index contributed by atoms with van der Waals surface area (Å²) in [4.78, 5) is 13.4. The average Bonchev–Trinajstić information content (AvgIpc) is 3.21. The predicted molar refractivity (Wildman–Crippen MR) is 116 cm³/mol. The van der Waals surface area contributed by atoms with Crippen LogP contribution in [0, 0.1) is 0 Å². The van der Waals surface area contributed by atoms with Gasteiger partial charge < -0.3 is 5.11 Å². The molecule has 0 bridgehead atoms. The van der Waals surface area contributed by atoms with E-state index in [1.165, 1.54) is 22.8 Å². The highest BCUT2D eigenvalue weighted by atomic mass is 35.5. The lowest BCUT2D eigenvalue weighted by Gasteiger charge is -2.17. The van der Waals surface area contributed by atoms with Crippen molar-refractivity contribution in [2.75, 3.05) is 0 Å². The summed E-state index contributed by atoms with van der Waals surface area (Å²) in [7, 11) is 0. The second-order valence-corrected chi connectivity index (χ2v) is 7.63. The summed E-state index contributed by atoms with van der Waals surface area (Å²) in [5.41, 5.74) is -0.163. The van der Waals surface area contributed by atoms with Crippen molar-refractivity contribution in [3.05, 3.63) is 112 Å². The zero-order chi connectivity index (χ0) is 23.6. The van der Waals surface area contributed by atoms with Gasteiger partial charge in [0, 0.05) is 17.5 Å². The van der Waals surface area contributed by atoms with Crippen LogP contribution in [0.2, 0.25) is 5.02 Å². The van der Waals surface area contributed by atoms with Crippen LogP contribution in [0.3, 0.4) is 0 Å². The first-order valence-electron chi connectivity index (χ1n) is 9.88. The molecule has 0 aliphatic heterocycles. The van der Waals surface area contributed by atoms with Crippen molar-refractivity contribution in [2.45, 2.75) is 19.2 Å². The molecule has 168 valence electrons. The zero-order valence-corrected chi connectivity index (χ0v) is 17.8. The highest BCUT2D eigenvalue weighted by Gasteiger charge is 2.33. The quantitative estimate of drug-likeness (QED) is 0.390. The van der Waals surface area contributed by atoms with E-state index in [-0.39, 0.29) is 34.1 Å². The maximum atomic E-state index is 13.5. The van der Waals surface area contributed by atoms with Gasteiger partial charge in [0.1, 0.15) is 12.4 Å². The second-order valence-electron chi connectivity index (χ2n) is 7.23. The molecule has 9 heteroatoms. The van der Waals surface area contributed by atoms with Crippen LogP contribution in [-0.4, -0.2) is 25.7 Å². The first kappa shape index (κ1) is 22.7. The Hall–Kier alpha value is -3.49. The minimum absolute atomic E-state index is 0.0583. The van der Waals surface area contributed by atoms with E-state index in [0.29, 0.717) is 5.82 Å². The molecule has 0 spiro atoms. The molecule has 0 saturated heterocycles. The molecule has 0 saturated carbocycles. The van der Waals surface area contributed by atoms with Crippen LogP contribution >= 0.6 is 11.6 Å². The topological polar surface area (TPSA) is 68.0 Å². The third-order valence-electron chi connectivity index (χ3n) is 5.07. The van der Waals surface area contributed by atoms with Gasteiger partial charge in [-0.1, -0.05) is 54.1 Å². The Kier molecular flexibility index (Phi) is 6.31. The second kappa shape index (κ2) is 9.17. The average molecular weight is 472 g/mol. The summed E-state index contributed by atoms with van der Waals surface area (Å²) >= 11 is 6.16. The molecular formula is C24H17ClF3N3O2. The molecule has 0 atom stereocenters. The van der Waals surface area contributed by atoms with Crippen LogP contribution in [-0.2, 0) is 19.2 Å². The predicted octanol–water partition coefficient (Wildman–Crippen LogP) is 5.25. The monoisotopic (exact) mass is 471 g/mol. The number of benzene rings is 3. The van der Waals surface area contributed by atoms with Gasteiger partial charge in [0.2, 0.25) is 0 Å². The number of aliphatic hydroxyl groups is 1. The molecule has 0 unspecified atom stereocenters. The molecule has 0 radical (unpaired) electrons. The summed E-state index contributed by atoms with van der Waals surface area (Å²) in [6.07, 6.45) is -4.37. The summed E-state index contributed by atoms with van der Waals surface area (Å²) in [5.74, 6) is -0.239. The van der Waals surface area contributed by atoms with Crippen LogP contribution < -0.4 is 0 Å². The minimum atomic E-state index is -4.66. The van der Waals surface area contributed by atoms with Gasteiger partial charge in [-0.2, -0.15) is 13.2 Å². The fourth-order valence-corrected chi connectivity index (χ4v) is 3.73. The van der Waals surface area contributed by atoms with Gasteiger partial charge in [-0.05, 0) is 35.9 Å². The van der Waals surface area contributed by atoms with E-state index in [0.717, 1.165) is 17.7 Å². The van der Waals surface area contributed by atoms with Crippen LogP contribution in [0.25, 0.3) is 5.69 Å². The van der Waals surface area contributed by atoms with Crippen molar-refractivity contribution >= 4 is 17.4 Å². The van der Waals surface area contributed by atoms with Crippen molar-refractivity contribution in [1.29, 1.82) is 0 Å². The molecule has 1 aromatic heterocycles. The molecule has 33 heavy (non-hydrogen) atoms. The Morgan fingerprint density at radius 2 is 1.58 bits per heavy atom. The molecule has 4 aromatic rings. The van der Waals surface area contributed by atoms with Gasteiger partial charge in [-0.25, -0.2) is 0 Å². The first-order chi connectivity index (χ1) is 15.8. The van der Waals surface area contributed by atoms with E-state index >= 15 is 0 Å². The SMILES string of the molecule is O=C(c1ccccc1Cl)c1cc(C(F)(F)F)ccc1-n1c(CO)nnc1Cc1ccccc1. The highest BCUT2D eigenvalue weighted by molar-refractivity contribution is 6.35. The molecular weight excluding hydrogens is 455 g/mol. The summed E-state index contributed by atoms with van der Waals surface area (Å²) < 4.78 is 41.9. The van der Waals surface area contributed by atoms with E-state index in [1.54, 1.807) is 12.1 Å². The van der Waals surface area contributed by atoms with Gasteiger partial charge >= 0.3 is 6.18 Å². The number of rotatable bonds is 6. The molecule has 5 nitrogen and oxygen atoms in total. The molecule has 0 amide bonds. The van der Waals surface area contributed by atoms with Gasteiger partial charge in [-0.15, -0.1) is 10.2 Å². The Morgan fingerprint density at radius 3 is 2.24 bits per heavy atom. The molecule has 0 aliphatic rings. The van der Waals surface area contributed by atoms with Crippen molar-refractivity contribution in [1.82, 2.24) is 14.8 Å². The smallest absolute Gasteiger partial charge is 0.388 e. The molecule has 0 fully saturated rings. The van der Waals surface area contributed by atoms with E-state index < -0.39 is 24.1 Å². The Labute approximate surface area is 192 Å². The number of hydrogen-bond acceptors (Lipinski definition) is 4. The van der Waals surface area contributed by atoms with E-state index in [1.807, 2.05) is 30.3 Å². The van der Waals surface area contributed by atoms with Crippen LogP contribution in [0.4, 0.5) is 13.2 Å². The van der Waals surface area contributed by atoms with Gasteiger partial charge in [0.15, 0.2) is 11.6 Å². The normalized spacial score (nSPS) is 11.5. The number of carbonyl (C=O) groups is 1. The van der Waals surface area contributed by atoms with Crippen LogP contribution in [0.1, 0.15) is 38.7 Å². The fraction of sp³-hybridized carbons (Fsp3) is 0.125. The maximum Gasteiger partial charge on any atom is 0.416 e. The number of aliphatic hydroxyl groups excluding tert-OH is 1. The van der Waals surface area contributed by atoms with Crippen molar-refractivity contribution in [2.24, 2.45) is 0 Å². The highest BCUT2D eigenvalue weighted by Crippen LogP contribution is 2.33. The van der Waals surface area contributed by atoms with Crippen molar-refractivity contribution in [3.63, 3.8) is 0 Å². The molecule has 3 aromatic carbocycles. The maximum absolute atomic E-state index is 13.5. The standard InChI is InChI=1S/C24H17ClF3N3O2/c25-19-9-5-4-8-17(19)23(33)18-13-16(24(26,27)28)10-11-20(18)31-21(29-30-22(31)14-32)12-15-6-2-1-3-7-15/h1-11,13,32H,12,14H2. The Bertz CT molecular complexity index is 1300. The summed E-state index contributed by atoms with van der Waals surface area (Å²) in [6.45, 7) is -0.525. The Balaban J connectivity index is 1.92. The molecule has 1 heterocycles. The number of alkyl halides is 3. The lowest BCUT2D eigenvalue weighted by Crippen LogP contribution is -2.15. The zero-order valence-electron chi connectivity index (χ0n) is 17.1. The Morgan fingerprint density at radius 1 is 0.909 bits per heavy atom. The number of aromatic nitrogens is 3. The van der Waals surface area contributed by atoms with E-state index in [9.17, 15) is 23.1 Å². The summed E-state index contributed by atoms with van der Waals surface area (Å²) in [6, 6.07) is 18.2. The number of halogens is 4.